The van der Waals surface area contributed by atoms with Crippen molar-refractivity contribution in [3.63, 3.8) is 0 Å². The number of hydrazine groups is 1. The number of aromatic hydroxyl groups is 1. The number of alkyl halides is 3. The summed E-state index contributed by atoms with van der Waals surface area (Å²) in [5.41, 5.74) is 0.706. The maximum Gasteiger partial charge on any atom is 0.417 e. The molecule has 3 heterocycles. The molecule has 2 aliphatic carbocycles. The summed E-state index contributed by atoms with van der Waals surface area (Å²) in [6.07, 6.45) is -2.60. The number of carbonyl (C=O) groups excluding carboxylic acids is 4. The molecule has 0 unspecified atom stereocenters. The number of ether oxygens (including phenoxy) is 1. The highest BCUT2D eigenvalue weighted by Gasteiger charge is 2.70. The summed E-state index contributed by atoms with van der Waals surface area (Å²) in [6.45, 7) is 0. The number of allylic oxidation sites excluding steroid dienone is 2. The molecule has 8 rings (SSSR count). The van der Waals surface area contributed by atoms with Crippen LogP contribution in [0.4, 0.5) is 24.7 Å². The number of anilines is 2. The van der Waals surface area contributed by atoms with Crippen molar-refractivity contribution in [2.24, 2.45) is 23.7 Å². The molecular formula is C40H29Cl2F3N4O8. The number of methoxy groups -OCH3 is 1. The molecule has 3 N–H and O–H groups in total. The molecule has 0 radical (unpaired) electrons. The van der Waals surface area contributed by atoms with Gasteiger partial charge in [-0.2, -0.15) is 18.2 Å². The van der Waals surface area contributed by atoms with Gasteiger partial charge in [-0.3, -0.25) is 29.5 Å². The van der Waals surface area contributed by atoms with Crippen LogP contribution in [0.3, 0.4) is 0 Å². The van der Waals surface area contributed by atoms with Gasteiger partial charge in [0.2, 0.25) is 11.8 Å². The molecule has 12 nitrogen and oxygen atoms in total. The summed E-state index contributed by atoms with van der Waals surface area (Å²) in [6, 6.07) is 16.7. The zero-order valence-electron chi connectivity index (χ0n) is 29.5. The predicted octanol–water partition coefficient (Wildman–Crippen LogP) is 7.01. The molecule has 0 spiro atoms. The van der Waals surface area contributed by atoms with Crippen LogP contribution in [0.15, 0.2) is 90.6 Å². The fourth-order valence-corrected chi connectivity index (χ4v) is 9.41. The Morgan fingerprint density at radius 1 is 0.965 bits per heavy atom. The highest BCUT2D eigenvalue weighted by molar-refractivity contribution is 6.33. The van der Waals surface area contributed by atoms with Crippen LogP contribution in [0.1, 0.15) is 45.8 Å². The van der Waals surface area contributed by atoms with Gasteiger partial charge in [-0.1, -0.05) is 59.1 Å². The Hall–Kier alpha value is -5.93. The molecule has 4 aromatic rings. The molecular weight excluding hydrogens is 792 g/mol. The number of imide groups is 2. The number of aromatic nitrogens is 1. The van der Waals surface area contributed by atoms with Gasteiger partial charge in [0, 0.05) is 17.1 Å². The third-order valence-electron chi connectivity index (χ3n) is 11.4. The summed E-state index contributed by atoms with van der Waals surface area (Å²) in [5.74, 6) is -9.84. The molecule has 1 saturated carbocycles. The van der Waals surface area contributed by atoms with E-state index in [1.165, 1.54) is 55.6 Å². The third-order valence-corrected chi connectivity index (χ3v) is 12.0. The van der Waals surface area contributed by atoms with Crippen molar-refractivity contribution in [2.75, 3.05) is 17.4 Å². The maximum atomic E-state index is 15.3. The van der Waals surface area contributed by atoms with Crippen LogP contribution in [0, 0.1) is 23.7 Å². The van der Waals surface area contributed by atoms with Gasteiger partial charge in [-0.15, -0.1) is 0 Å². The van der Waals surface area contributed by atoms with E-state index in [9.17, 15) is 42.6 Å². The fraction of sp³-hybridized carbons (Fsp3) is 0.250. The largest absolute Gasteiger partial charge is 0.504 e. The first-order valence-corrected chi connectivity index (χ1v) is 18.2. The normalized spacial score (nSPS) is 25.5. The third kappa shape index (κ3) is 5.81. The first-order chi connectivity index (χ1) is 27.1. The summed E-state index contributed by atoms with van der Waals surface area (Å²) >= 11 is 12.6. The Bertz CT molecular complexity index is 2440. The number of hydrogen-bond donors (Lipinski definition) is 3. The number of benzene rings is 3. The van der Waals surface area contributed by atoms with Gasteiger partial charge in [0.05, 0.1) is 52.1 Å². The van der Waals surface area contributed by atoms with Crippen LogP contribution in [-0.2, 0) is 30.8 Å². The quantitative estimate of drug-likeness (QED) is 0.130. The average Bonchev–Trinajstić information content (AvgIpc) is 3.56. The fourth-order valence-electron chi connectivity index (χ4n) is 9.08. The molecule has 6 atom stereocenters. The van der Waals surface area contributed by atoms with E-state index in [1.807, 2.05) is 0 Å². The van der Waals surface area contributed by atoms with Crippen LogP contribution < -0.4 is 15.1 Å². The molecule has 57 heavy (non-hydrogen) atoms. The molecule has 3 fully saturated rings. The number of amides is 4. The Morgan fingerprint density at radius 2 is 1.70 bits per heavy atom. The van der Waals surface area contributed by atoms with Crippen molar-refractivity contribution in [2.45, 2.75) is 30.4 Å². The van der Waals surface area contributed by atoms with E-state index in [1.54, 1.807) is 24.3 Å². The molecule has 3 aromatic carbocycles. The second-order valence-electron chi connectivity index (χ2n) is 14.2. The summed E-state index contributed by atoms with van der Waals surface area (Å²) < 4.78 is 45.8. The van der Waals surface area contributed by atoms with Gasteiger partial charge in [0.25, 0.3) is 11.8 Å². The van der Waals surface area contributed by atoms with Crippen molar-refractivity contribution < 1.29 is 52.1 Å². The maximum absolute atomic E-state index is 15.3. The van der Waals surface area contributed by atoms with Crippen LogP contribution in [0.25, 0.3) is 0 Å². The van der Waals surface area contributed by atoms with E-state index in [4.69, 9.17) is 27.9 Å². The van der Waals surface area contributed by atoms with Crippen LogP contribution >= 0.6 is 23.2 Å². The lowest BCUT2D eigenvalue weighted by Crippen LogP contribution is -2.53. The number of carbonyl (C=O) groups is 5. The number of nitrogens with one attached hydrogen (secondary N) is 1. The SMILES string of the molecule is COc1ccc([C@H]2C3=CC[C@@H]4C(=O)N(c5cccc(C(=O)O)c5)C(=O)[C@@H]4[C@@H]3C[C@H]3C(=O)N(Nc4ncc(C(F)(F)F)cc4Cl)C(=O)[C@@]23c2ccc(Cl)cc2)cc1O. The topological polar surface area (TPSA) is 166 Å². The molecule has 4 aliphatic rings. The van der Waals surface area contributed by atoms with Crippen LogP contribution in [0.5, 0.6) is 11.5 Å². The lowest BCUT2D eigenvalue weighted by Gasteiger charge is -2.50. The van der Waals surface area contributed by atoms with Gasteiger partial charge >= 0.3 is 12.1 Å². The minimum atomic E-state index is -4.78. The Labute approximate surface area is 331 Å². The first-order valence-electron chi connectivity index (χ1n) is 17.5. The minimum absolute atomic E-state index is 0.0470. The number of phenolic OH excluding ortho intramolecular Hbond substituents is 1. The number of pyridine rings is 1. The zero-order valence-corrected chi connectivity index (χ0v) is 31.0. The van der Waals surface area contributed by atoms with Crippen molar-refractivity contribution in [3.8, 4) is 11.5 Å². The summed E-state index contributed by atoms with van der Waals surface area (Å²) in [4.78, 5) is 75.2. The standard InChI is InChI=1S/C40H29Cl2F3N4O8/c1-57-30-12-5-18(14-29(30)50)32-24-10-11-25-31(36(53)48(34(25)51)23-4-2-3-19(13-23)37(54)55)26(24)16-27-35(52)49(38(56)39(27,32)20-6-8-22(41)9-7-20)47-33-28(42)15-21(17-46-33)40(43,44)45/h2-10,12-15,17,25-27,31-32,50H,11,16H2,1H3,(H,46,47)(H,54,55)/t25-,26+,27-,31-,32-,39+/m0/s1. The highest BCUT2D eigenvalue weighted by atomic mass is 35.5. The van der Waals surface area contributed by atoms with Crippen molar-refractivity contribution in [3.05, 3.63) is 123 Å². The number of halogens is 5. The predicted molar refractivity (Wildman–Crippen MR) is 197 cm³/mol. The molecule has 292 valence electrons. The Morgan fingerprint density at radius 3 is 2.35 bits per heavy atom. The van der Waals surface area contributed by atoms with Gasteiger partial charge < -0.3 is 14.9 Å². The average molecular weight is 822 g/mol. The molecule has 1 aromatic heterocycles. The van der Waals surface area contributed by atoms with E-state index in [-0.39, 0.29) is 35.6 Å². The second kappa shape index (κ2) is 13.6. The lowest BCUT2D eigenvalue weighted by molar-refractivity contribution is -0.139. The van der Waals surface area contributed by atoms with Gasteiger partial charge in [0.15, 0.2) is 17.3 Å². The van der Waals surface area contributed by atoms with Crippen molar-refractivity contribution in [1.29, 1.82) is 0 Å². The van der Waals surface area contributed by atoms with E-state index in [0.717, 1.165) is 4.90 Å². The molecule has 2 saturated heterocycles. The number of fused-ring (bicyclic) bond motifs is 4. The molecule has 0 bridgehead atoms. The smallest absolute Gasteiger partial charge is 0.417 e. The number of rotatable bonds is 7. The van der Waals surface area contributed by atoms with Crippen LogP contribution in [-0.4, -0.2) is 56.9 Å². The molecule has 2 aliphatic heterocycles. The van der Waals surface area contributed by atoms with Crippen molar-refractivity contribution in [1.82, 2.24) is 9.99 Å². The lowest BCUT2D eigenvalue weighted by atomic mass is 9.49. The number of carboxylic acids is 1. The first kappa shape index (κ1) is 38.0. The van der Waals surface area contributed by atoms with E-state index in [0.29, 0.717) is 39.0 Å². The Kier molecular flexibility index (Phi) is 9.08. The number of phenols is 1. The molecule has 4 amide bonds. The summed E-state index contributed by atoms with van der Waals surface area (Å²) in [7, 11) is 1.35. The van der Waals surface area contributed by atoms with Gasteiger partial charge in [0.1, 0.15) is 0 Å². The minimum Gasteiger partial charge on any atom is -0.504 e. The van der Waals surface area contributed by atoms with E-state index in [2.05, 4.69) is 10.4 Å². The monoisotopic (exact) mass is 820 g/mol. The van der Waals surface area contributed by atoms with Crippen molar-refractivity contribution >= 4 is 64.3 Å². The molecule has 17 heteroatoms. The number of aromatic carboxylic acids is 1. The number of nitrogens with zero attached hydrogens (tertiary/aromatic N) is 3. The second-order valence-corrected chi connectivity index (χ2v) is 15.1. The van der Waals surface area contributed by atoms with Crippen LogP contribution in [0.2, 0.25) is 10.0 Å². The van der Waals surface area contributed by atoms with E-state index >= 15 is 4.79 Å². The van der Waals surface area contributed by atoms with E-state index < -0.39 is 87.2 Å². The number of carboxylic acid groups (broad SMARTS) is 1. The van der Waals surface area contributed by atoms with Gasteiger partial charge in [-0.25, -0.2) is 9.78 Å². The number of hydrogen-bond acceptors (Lipinski definition) is 9. The van der Waals surface area contributed by atoms with Gasteiger partial charge in [-0.05, 0) is 78.4 Å². The Balaban J connectivity index is 1.31. The highest BCUT2D eigenvalue weighted by Crippen LogP contribution is 2.64. The summed E-state index contributed by atoms with van der Waals surface area (Å²) in [5, 5.41) is 21.2. The zero-order chi connectivity index (χ0) is 40.7.